The summed E-state index contributed by atoms with van der Waals surface area (Å²) in [6, 6.07) is 16.0. The fourth-order valence-corrected chi connectivity index (χ4v) is 3.75. The van der Waals surface area contributed by atoms with E-state index >= 15 is 0 Å². The number of amides is 1. The van der Waals surface area contributed by atoms with Crippen molar-refractivity contribution in [2.75, 3.05) is 6.54 Å². The van der Waals surface area contributed by atoms with Gasteiger partial charge in [-0.2, -0.15) is 0 Å². The first-order valence-corrected chi connectivity index (χ1v) is 9.03. The van der Waals surface area contributed by atoms with Crippen LogP contribution in [0, 0.1) is 11.7 Å². The number of benzene rings is 2. The molecule has 1 saturated carbocycles. The predicted octanol–water partition coefficient (Wildman–Crippen LogP) is 3.93. The van der Waals surface area contributed by atoms with E-state index in [4.69, 9.17) is 5.73 Å². The van der Waals surface area contributed by atoms with Crippen LogP contribution in [0.5, 0.6) is 0 Å². The standard InChI is InChI=1S/C19H21FN2OS.ClH/c20-15-8-4-5-9-17(15)24-18(14-6-2-1-3-7-14)19(23)22-16(12-21)13-10-11-13;/h1-9,13,16,18H,10-12,21H2,(H,22,23);1H. The molecule has 25 heavy (non-hydrogen) atoms. The highest BCUT2D eigenvalue weighted by Gasteiger charge is 2.33. The van der Waals surface area contributed by atoms with Gasteiger partial charge in [0, 0.05) is 17.5 Å². The summed E-state index contributed by atoms with van der Waals surface area (Å²) in [5.41, 5.74) is 6.65. The van der Waals surface area contributed by atoms with Crippen molar-refractivity contribution in [3.05, 3.63) is 66.0 Å². The van der Waals surface area contributed by atoms with Gasteiger partial charge in [0.25, 0.3) is 0 Å². The van der Waals surface area contributed by atoms with Crippen LogP contribution in [-0.4, -0.2) is 18.5 Å². The largest absolute Gasteiger partial charge is 0.351 e. The molecule has 1 aliphatic carbocycles. The first kappa shape index (κ1) is 19.8. The number of carbonyl (C=O) groups excluding carboxylic acids is 1. The van der Waals surface area contributed by atoms with Crippen molar-refractivity contribution in [3.8, 4) is 0 Å². The van der Waals surface area contributed by atoms with Crippen molar-refractivity contribution >= 4 is 30.1 Å². The van der Waals surface area contributed by atoms with Crippen LogP contribution >= 0.6 is 24.2 Å². The van der Waals surface area contributed by atoms with Gasteiger partial charge in [-0.3, -0.25) is 4.79 Å². The van der Waals surface area contributed by atoms with Crippen LogP contribution in [0.25, 0.3) is 0 Å². The molecule has 2 aromatic rings. The van der Waals surface area contributed by atoms with E-state index in [1.165, 1.54) is 17.8 Å². The van der Waals surface area contributed by atoms with E-state index in [2.05, 4.69) is 5.32 Å². The fraction of sp³-hybridized carbons (Fsp3) is 0.316. The van der Waals surface area contributed by atoms with Gasteiger partial charge in [-0.25, -0.2) is 4.39 Å². The maximum atomic E-state index is 14.0. The summed E-state index contributed by atoms with van der Waals surface area (Å²) in [4.78, 5) is 13.3. The van der Waals surface area contributed by atoms with Crippen LogP contribution in [0.3, 0.4) is 0 Å². The molecule has 3 rings (SSSR count). The average Bonchev–Trinajstić information content (AvgIpc) is 3.44. The third-order valence-electron chi connectivity index (χ3n) is 4.19. The van der Waals surface area contributed by atoms with Gasteiger partial charge < -0.3 is 11.1 Å². The number of rotatable bonds is 7. The first-order valence-electron chi connectivity index (χ1n) is 8.15. The lowest BCUT2D eigenvalue weighted by Gasteiger charge is -2.22. The smallest absolute Gasteiger partial charge is 0.238 e. The van der Waals surface area contributed by atoms with Gasteiger partial charge >= 0.3 is 0 Å². The summed E-state index contributed by atoms with van der Waals surface area (Å²) < 4.78 is 14.0. The molecule has 6 heteroatoms. The van der Waals surface area contributed by atoms with E-state index in [1.54, 1.807) is 18.2 Å². The summed E-state index contributed by atoms with van der Waals surface area (Å²) in [5, 5.41) is 2.56. The molecule has 134 valence electrons. The summed E-state index contributed by atoms with van der Waals surface area (Å²) in [6.07, 6.45) is 2.22. The third kappa shape index (κ3) is 5.21. The number of thioether (sulfide) groups is 1. The molecule has 3 N–H and O–H groups in total. The lowest BCUT2D eigenvalue weighted by Crippen LogP contribution is -2.43. The van der Waals surface area contributed by atoms with Gasteiger partial charge in [-0.15, -0.1) is 24.2 Å². The Hall–Kier alpha value is -1.56. The Morgan fingerprint density at radius 2 is 1.80 bits per heavy atom. The fourth-order valence-electron chi connectivity index (χ4n) is 2.69. The molecule has 3 nitrogen and oxygen atoms in total. The molecular weight excluding hydrogens is 359 g/mol. The van der Waals surface area contributed by atoms with Crippen LogP contribution in [-0.2, 0) is 4.79 Å². The van der Waals surface area contributed by atoms with E-state index in [1.807, 2.05) is 30.3 Å². The van der Waals surface area contributed by atoms with E-state index in [-0.39, 0.29) is 30.2 Å². The monoisotopic (exact) mass is 380 g/mol. The molecule has 0 bridgehead atoms. The second-order valence-corrected chi connectivity index (χ2v) is 7.17. The van der Waals surface area contributed by atoms with Gasteiger partial charge in [-0.1, -0.05) is 42.5 Å². The van der Waals surface area contributed by atoms with Crippen LogP contribution in [0.2, 0.25) is 0 Å². The van der Waals surface area contributed by atoms with Gasteiger partial charge in [0.05, 0.1) is 0 Å². The maximum absolute atomic E-state index is 14.0. The Balaban J connectivity index is 0.00000225. The number of carbonyl (C=O) groups is 1. The van der Waals surface area contributed by atoms with Crippen molar-refractivity contribution in [1.29, 1.82) is 0 Å². The van der Waals surface area contributed by atoms with Crippen LogP contribution in [0.4, 0.5) is 4.39 Å². The topological polar surface area (TPSA) is 55.1 Å². The van der Waals surface area contributed by atoms with Gasteiger partial charge in [-0.05, 0) is 36.5 Å². The zero-order valence-corrected chi connectivity index (χ0v) is 15.4. The lowest BCUT2D eigenvalue weighted by molar-refractivity contribution is -0.121. The number of hydrogen-bond acceptors (Lipinski definition) is 3. The minimum atomic E-state index is -0.504. The third-order valence-corrected chi connectivity index (χ3v) is 5.50. The summed E-state index contributed by atoms with van der Waals surface area (Å²) in [6.45, 7) is 0.433. The Labute approximate surface area is 158 Å². The molecule has 0 spiro atoms. The second-order valence-electron chi connectivity index (χ2n) is 6.03. The van der Waals surface area contributed by atoms with Crippen LogP contribution in [0.15, 0.2) is 59.5 Å². The first-order chi connectivity index (χ1) is 11.7. The van der Waals surface area contributed by atoms with Crippen molar-refractivity contribution in [1.82, 2.24) is 5.32 Å². The van der Waals surface area contributed by atoms with Gasteiger partial charge in [0.2, 0.25) is 5.91 Å². The molecule has 2 unspecified atom stereocenters. The number of nitrogens with one attached hydrogen (secondary N) is 1. The zero-order chi connectivity index (χ0) is 16.9. The maximum Gasteiger partial charge on any atom is 0.238 e. The Morgan fingerprint density at radius 3 is 2.40 bits per heavy atom. The molecule has 1 aliphatic rings. The highest BCUT2D eigenvalue weighted by molar-refractivity contribution is 8.00. The molecule has 0 radical (unpaired) electrons. The SMILES string of the molecule is Cl.NCC(NC(=O)C(Sc1ccccc1F)c1ccccc1)C1CC1. The normalized spacial score (nSPS) is 15.8. The average molecular weight is 381 g/mol. The minimum absolute atomic E-state index is 0. The molecule has 0 saturated heterocycles. The van der Waals surface area contributed by atoms with Gasteiger partial charge in [0.1, 0.15) is 11.1 Å². The van der Waals surface area contributed by atoms with E-state index in [0.29, 0.717) is 17.4 Å². The minimum Gasteiger partial charge on any atom is -0.351 e. The van der Waals surface area contributed by atoms with Crippen molar-refractivity contribution in [3.63, 3.8) is 0 Å². The number of halogens is 2. The molecule has 2 aromatic carbocycles. The highest BCUT2D eigenvalue weighted by Crippen LogP contribution is 2.38. The van der Waals surface area contributed by atoms with Crippen LogP contribution in [0.1, 0.15) is 23.7 Å². The van der Waals surface area contributed by atoms with Gasteiger partial charge in [0.15, 0.2) is 0 Å². The Morgan fingerprint density at radius 1 is 1.16 bits per heavy atom. The molecule has 1 amide bonds. The lowest BCUT2D eigenvalue weighted by atomic mass is 10.1. The number of hydrogen-bond donors (Lipinski definition) is 2. The quantitative estimate of drug-likeness (QED) is 0.715. The van der Waals surface area contributed by atoms with Crippen molar-refractivity contribution < 1.29 is 9.18 Å². The summed E-state index contributed by atoms with van der Waals surface area (Å²) in [5.74, 6) is 0.0550. The molecule has 1 fully saturated rings. The van der Waals surface area contributed by atoms with Crippen molar-refractivity contribution in [2.45, 2.75) is 29.0 Å². The summed E-state index contributed by atoms with van der Waals surface area (Å²) in [7, 11) is 0. The molecule has 0 aliphatic heterocycles. The molecule has 0 heterocycles. The summed E-state index contributed by atoms with van der Waals surface area (Å²) >= 11 is 1.23. The highest BCUT2D eigenvalue weighted by atomic mass is 35.5. The molecule has 2 atom stereocenters. The second kappa shape index (κ2) is 9.22. The Bertz CT molecular complexity index is 697. The number of nitrogens with two attached hydrogens (primary N) is 1. The molecule has 0 aromatic heterocycles. The predicted molar refractivity (Wildman–Crippen MR) is 102 cm³/mol. The Kier molecular flexibility index (Phi) is 7.29. The van der Waals surface area contributed by atoms with Crippen LogP contribution < -0.4 is 11.1 Å². The van der Waals surface area contributed by atoms with Crippen molar-refractivity contribution in [2.24, 2.45) is 11.7 Å². The molecular formula is C19H22ClFN2OS. The zero-order valence-electron chi connectivity index (χ0n) is 13.7. The van der Waals surface area contributed by atoms with E-state index < -0.39 is 5.25 Å². The van der Waals surface area contributed by atoms with E-state index in [0.717, 1.165) is 18.4 Å². The van der Waals surface area contributed by atoms with E-state index in [9.17, 15) is 9.18 Å².